The zero-order valence-electron chi connectivity index (χ0n) is 18.4. The Morgan fingerprint density at radius 1 is 1.06 bits per heavy atom. The van der Waals surface area contributed by atoms with Crippen molar-refractivity contribution in [3.05, 3.63) is 92.5 Å². The molecule has 11 heteroatoms. The third-order valence-corrected chi connectivity index (χ3v) is 5.08. The fourth-order valence-corrected chi connectivity index (χ4v) is 3.53. The van der Waals surface area contributed by atoms with Crippen molar-refractivity contribution in [2.24, 2.45) is 0 Å². The molecule has 1 N–H and O–H groups in total. The van der Waals surface area contributed by atoms with Gasteiger partial charge in [-0.05, 0) is 57.2 Å². The summed E-state index contributed by atoms with van der Waals surface area (Å²) in [5.74, 6) is 1.49. The number of nitro benzene ring substituents is 1. The number of nitrogens with one attached hydrogen (secondary N) is 1. The number of ether oxygens (including phenoxy) is 1. The number of amides is 1. The zero-order chi connectivity index (χ0) is 24.4. The molecule has 172 valence electrons. The van der Waals surface area contributed by atoms with Crippen molar-refractivity contribution in [1.82, 2.24) is 19.7 Å². The Morgan fingerprint density at radius 3 is 2.41 bits per heavy atom. The molecule has 0 radical (unpaired) electrons. The Kier molecular flexibility index (Phi) is 6.24. The third kappa shape index (κ3) is 5.02. The summed E-state index contributed by atoms with van der Waals surface area (Å²) in [6.45, 7) is 5.61. The highest BCUT2D eigenvalue weighted by Crippen LogP contribution is 2.26. The van der Waals surface area contributed by atoms with Gasteiger partial charge in [0.25, 0.3) is 11.6 Å². The number of aromatic nitrogens is 4. The first kappa shape index (κ1) is 22.9. The average Bonchev–Trinajstić information content (AvgIpc) is 3.12. The number of non-ortho nitro benzene ring substituents is 1. The van der Waals surface area contributed by atoms with Crippen LogP contribution >= 0.6 is 11.6 Å². The molecule has 0 saturated heterocycles. The van der Waals surface area contributed by atoms with Crippen molar-refractivity contribution in [3.63, 3.8) is 0 Å². The van der Waals surface area contributed by atoms with E-state index < -0.39 is 10.8 Å². The summed E-state index contributed by atoms with van der Waals surface area (Å²) >= 11 is 6.03. The van der Waals surface area contributed by atoms with Crippen LogP contribution in [0.4, 0.5) is 11.4 Å². The van der Waals surface area contributed by atoms with E-state index in [2.05, 4.69) is 20.4 Å². The maximum absolute atomic E-state index is 12.5. The summed E-state index contributed by atoms with van der Waals surface area (Å²) < 4.78 is 7.60. The van der Waals surface area contributed by atoms with Gasteiger partial charge in [0.2, 0.25) is 5.88 Å². The minimum absolute atomic E-state index is 0.01000. The fourth-order valence-electron chi connectivity index (χ4n) is 3.27. The predicted molar refractivity (Wildman–Crippen MR) is 126 cm³/mol. The summed E-state index contributed by atoms with van der Waals surface area (Å²) in [6.07, 6.45) is 0. The monoisotopic (exact) mass is 478 g/mol. The standard InChI is InChI=1S/C23H19ClN6O4/c1-13-10-14(2)29(28-13)21-12-22(26-15(3)25-21)34-18-7-4-16(5-8-18)27-23(31)19-9-6-17(30(32)33)11-20(19)24/h4-12H,1-3H3,(H,27,31). The molecule has 4 aromatic rings. The van der Waals surface area contributed by atoms with Gasteiger partial charge in [0.05, 0.1) is 21.2 Å². The first-order valence-electron chi connectivity index (χ1n) is 10.1. The lowest BCUT2D eigenvalue weighted by Crippen LogP contribution is -2.12. The van der Waals surface area contributed by atoms with Gasteiger partial charge in [-0.15, -0.1) is 0 Å². The minimum atomic E-state index is -0.578. The maximum atomic E-state index is 12.5. The first-order valence-corrected chi connectivity index (χ1v) is 10.5. The maximum Gasteiger partial charge on any atom is 0.270 e. The molecule has 0 atom stereocenters. The van der Waals surface area contributed by atoms with Crippen LogP contribution in [-0.4, -0.2) is 30.6 Å². The molecule has 10 nitrogen and oxygen atoms in total. The van der Waals surface area contributed by atoms with Crippen molar-refractivity contribution in [3.8, 4) is 17.4 Å². The smallest absolute Gasteiger partial charge is 0.270 e. The Hall–Kier alpha value is -4.31. The summed E-state index contributed by atoms with van der Waals surface area (Å²) in [6, 6.07) is 14.0. The molecule has 2 heterocycles. The van der Waals surface area contributed by atoms with E-state index >= 15 is 0 Å². The number of nitro groups is 1. The highest BCUT2D eigenvalue weighted by Gasteiger charge is 2.15. The lowest BCUT2D eigenvalue weighted by atomic mass is 10.2. The molecule has 0 aliphatic rings. The van der Waals surface area contributed by atoms with Crippen LogP contribution in [0.5, 0.6) is 11.6 Å². The molecule has 4 rings (SSSR count). The number of anilines is 1. The molecule has 0 fully saturated rings. The van der Waals surface area contributed by atoms with Gasteiger partial charge in [0.15, 0.2) is 5.82 Å². The van der Waals surface area contributed by atoms with Crippen molar-refractivity contribution in [2.45, 2.75) is 20.8 Å². The molecule has 0 bridgehead atoms. The second kappa shape index (κ2) is 9.28. The topological polar surface area (TPSA) is 125 Å². The van der Waals surface area contributed by atoms with E-state index in [1.54, 1.807) is 41.9 Å². The Bertz CT molecular complexity index is 1400. The summed E-state index contributed by atoms with van der Waals surface area (Å²) in [4.78, 5) is 31.5. The first-order chi connectivity index (χ1) is 16.2. The largest absolute Gasteiger partial charge is 0.439 e. The van der Waals surface area contributed by atoms with Crippen LogP contribution < -0.4 is 10.1 Å². The van der Waals surface area contributed by atoms with E-state index in [4.69, 9.17) is 16.3 Å². The summed E-state index contributed by atoms with van der Waals surface area (Å²) in [7, 11) is 0. The summed E-state index contributed by atoms with van der Waals surface area (Å²) in [5.41, 5.74) is 2.25. The lowest BCUT2D eigenvalue weighted by Gasteiger charge is -2.10. The molecule has 34 heavy (non-hydrogen) atoms. The molecule has 0 saturated carbocycles. The third-order valence-electron chi connectivity index (χ3n) is 4.77. The highest BCUT2D eigenvalue weighted by atomic mass is 35.5. The van der Waals surface area contributed by atoms with Gasteiger partial charge in [-0.25, -0.2) is 9.67 Å². The van der Waals surface area contributed by atoms with E-state index in [1.807, 2.05) is 19.9 Å². The Morgan fingerprint density at radius 2 is 1.79 bits per heavy atom. The molecular formula is C23H19ClN6O4. The van der Waals surface area contributed by atoms with Crippen LogP contribution in [0.25, 0.3) is 5.82 Å². The second-order valence-electron chi connectivity index (χ2n) is 7.45. The van der Waals surface area contributed by atoms with E-state index in [0.717, 1.165) is 17.5 Å². The van der Waals surface area contributed by atoms with E-state index in [0.29, 0.717) is 29.0 Å². The van der Waals surface area contributed by atoms with Crippen LogP contribution in [0.1, 0.15) is 27.6 Å². The van der Waals surface area contributed by atoms with Gasteiger partial charge in [-0.1, -0.05) is 11.6 Å². The number of carbonyl (C=O) groups excluding carboxylic acids is 1. The molecule has 1 amide bonds. The molecule has 0 unspecified atom stereocenters. The second-order valence-corrected chi connectivity index (χ2v) is 7.86. The number of halogens is 1. The molecule has 2 aromatic carbocycles. The van der Waals surface area contributed by atoms with Crippen molar-refractivity contribution in [1.29, 1.82) is 0 Å². The van der Waals surface area contributed by atoms with E-state index in [9.17, 15) is 14.9 Å². The van der Waals surface area contributed by atoms with Gasteiger partial charge in [-0.3, -0.25) is 14.9 Å². The van der Waals surface area contributed by atoms with Gasteiger partial charge in [0.1, 0.15) is 11.6 Å². The van der Waals surface area contributed by atoms with Crippen molar-refractivity contribution < 1.29 is 14.5 Å². The number of hydrogen-bond acceptors (Lipinski definition) is 7. The van der Waals surface area contributed by atoms with Crippen molar-refractivity contribution >= 4 is 28.9 Å². The highest BCUT2D eigenvalue weighted by molar-refractivity contribution is 6.34. The van der Waals surface area contributed by atoms with Crippen LogP contribution in [0.2, 0.25) is 5.02 Å². The van der Waals surface area contributed by atoms with Gasteiger partial charge >= 0.3 is 0 Å². The Labute approximate surface area is 199 Å². The predicted octanol–water partition coefficient (Wildman–Crippen LogP) is 5.19. The summed E-state index contributed by atoms with van der Waals surface area (Å²) in [5, 5.41) is 18.0. The number of nitrogens with zero attached hydrogens (tertiary/aromatic N) is 5. The minimum Gasteiger partial charge on any atom is -0.439 e. The van der Waals surface area contributed by atoms with Crippen LogP contribution in [0, 0.1) is 30.9 Å². The van der Waals surface area contributed by atoms with Crippen LogP contribution in [0.3, 0.4) is 0 Å². The van der Waals surface area contributed by atoms with E-state index in [1.165, 1.54) is 12.1 Å². The fraction of sp³-hybridized carbons (Fsp3) is 0.130. The van der Waals surface area contributed by atoms with Crippen molar-refractivity contribution in [2.75, 3.05) is 5.32 Å². The van der Waals surface area contributed by atoms with Crippen LogP contribution in [-0.2, 0) is 0 Å². The molecule has 0 aliphatic carbocycles. The molecular weight excluding hydrogens is 460 g/mol. The normalized spacial score (nSPS) is 10.7. The van der Waals surface area contributed by atoms with Gasteiger partial charge in [0, 0.05) is 29.6 Å². The number of rotatable bonds is 6. The number of aryl methyl sites for hydroxylation is 3. The number of carbonyl (C=O) groups is 1. The average molecular weight is 479 g/mol. The van der Waals surface area contributed by atoms with E-state index in [-0.39, 0.29) is 16.3 Å². The van der Waals surface area contributed by atoms with Gasteiger partial charge in [-0.2, -0.15) is 10.1 Å². The quantitative estimate of drug-likeness (QED) is 0.298. The Balaban J connectivity index is 1.48. The number of hydrogen-bond donors (Lipinski definition) is 1. The zero-order valence-corrected chi connectivity index (χ0v) is 19.2. The van der Waals surface area contributed by atoms with Gasteiger partial charge < -0.3 is 10.1 Å². The van der Waals surface area contributed by atoms with Crippen LogP contribution in [0.15, 0.2) is 54.6 Å². The molecule has 2 aromatic heterocycles. The number of benzene rings is 2. The molecule has 0 aliphatic heterocycles. The molecule has 0 spiro atoms. The SMILES string of the molecule is Cc1cc(C)n(-c2cc(Oc3ccc(NC(=O)c4ccc([N+](=O)[O-])cc4Cl)cc3)nc(C)n2)n1. The lowest BCUT2D eigenvalue weighted by molar-refractivity contribution is -0.384.